The van der Waals surface area contributed by atoms with Gasteiger partial charge in [-0.25, -0.2) is 0 Å². The van der Waals surface area contributed by atoms with Crippen molar-refractivity contribution < 1.29 is 19.8 Å². The zero-order valence-electron chi connectivity index (χ0n) is 12.7. The van der Waals surface area contributed by atoms with Crippen LogP contribution in [0.15, 0.2) is 18.2 Å². The van der Waals surface area contributed by atoms with Crippen molar-refractivity contribution in [2.75, 3.05) is 0 Å². The molecule has 2 N–H and O–H groups in total. The molecule has 0 saturated carbocycles. The van der Waals surface area contributed by atoms with Crippen LogP contribution >= 0.6 is 23.2 Å². The summed E-state index contributed by atoms with van der Waals surface area (Å²) in [5, 5.41) is 29.3. The average molecular weight is 358 g/mol. The molecule has 7 heteroatoms. The van der Waals surface area contributed by atoms with Crippen LogP contribution in [0.1, 0.15) is 32.3 Å². The molecule has 0 spiro atoms. The quantitative estimate of drug-likeness (QED) is 0.768. The number of aliphatic carboxylic acids is 2. The number of carboxylic acid groups (broad SMARTS) is 2. The number of rotatable bonds is 7. The third kappa shape index (κ3) is 3.44. The maximum Gasteiger partial charge on any atom is 0.308 e. The van der Waals surface area contributed by atoms with E-state index in [0.717, 1.165) is 0 Å². The molecular weight excluding hydrogens is 341 g/mol. The fourth-order valence-electron chi connectivity index (χ4n) is 3.00. The van der Waals surface area contributed by atoms with Crippen molar-refractivity contribution in [1.29, 1.82) is 5.26 Å². The summed E-state index contributed by atoms with van der Waals surface area (Å²) in [6, 6.07) is 6.26. The van der Waals surface area contributed by atoms with Crippen molar-refractivity contribution in [3.8, 4) is 6.07 Å². The van der Waals surface area contributed by atoms with E-state index in [-0.39, 0.29) is 28.5 Å². The Labute approximate surface area is 144 Å². The van der Waals surface area contributed by atoms with Crippen molar-refractivity contribution >= 4 is 35.1 Å². The lowest BCUT2D eigenvalue weighted by atomic mass is 9.61. The second-order valence-electron chi connectivity index (χ2n) is 5.21. The van der Waals surface area contributed by atoms with E-state index in [9.17, 15) is 25.1 Å². The SMILES string of the molecule is CCC(C(=O)O)C(C#N)(c1ccc(Cl)c(Cl)c1)C(CC)C(=O)O. The number of carbonyl (C=O) groups is 2. The molecule has 0 saturated heterocycles. The Morgan fingerprint density at radius 1 is 1.13 bits per heavy atom. The summed E-state index contributed by atoms with van der Waals surface area (Å²) in [4.78, 5) is 23.4. The molecule has 1 rings (SSSR count). The summed E-state index contributed by atoms with van der Waals surface area (Å²) in [6.07, 6.45) is 0.208. The van der Waals surface area contributed by atoms with Crippen LogP contribution in [0.5, 0.6) is 0 Å². The first-order valence-electron chi connectivity index (χ1n) is 7.08. The van der Waals surface area contributed by atoms with E-state index in [0.29, 0.717) is 0 Å². The van der Waals surface area contributed by atoms with Gasteiger partial charge in [-0.2, -0.15) is 5.26 Å². The number of hydrogen-bond acceptors (Lipinski definition) is 3. The zero-order valence-corrected chi connectivity index (χ0v) is 14.2. The van der Waals surface area contributed by atoms with Crippen LogP contribution in [0.4, 0.5) is 0 Å². The molecular formula is C16H17Cl2NO4. The van der Waals surface area contributed by atoms with E-state index in [2.05, 4.69) is 0 Å². The summed E-state index contributed by atoms with van der Waals surface area (Å²) >= 11 is 11.9. The van der Waals surface area contributed by atoms with E-state index in [4.69, 9.17) is 23.2 Å². The Morgan fingerprint density at radius 2 is 1.61 bits per heavy atom. The summed E-state index contributed by atoms with van der Waals surface area (Å²) in [5.41, 5.74) is -1.49. The highest BCUT2D eigenvalue weighted by Crippen LogP contribution is 2.44. The molecule has 0 aliphatic carbocycles. The molecule has 1 aromatic carbocycles. The third-order valence-electron chi connectivity index (χ3n) is 4.09. The lowest BCUT2D eigenvalue weighted by molar-refractivity contribution is -0.149. The van der Waals surface area contributed by atoms with Crippen LogP contribution in [0.3, 0.4) is 0 Å². The monoisotopic (exact) mass is 357 g/mol. The second-order valence-corrected chi connectivity index (χ2v) is 6.02. The molecule has 2 unspecified atom stereocenters. The molecule has 2 atom stereocenters. The fourth-order valence-corrected chi connectivity index (χ4v) is 3.30. The molecule has 124 valence electrons. The lowest BCUT2D eigenvalue weighted by Crippen LogP contribution is -2.47. The molecule has 0 heterocycles. The number of carboxylic acids is 2. The van der Waals surface area contributed by atoms with Crippen LogP contribution in [-0.2, 0) is 15.0 Å². The minimum Gasteiger partial charge on any atom is -0.481 e. The van der Waals surface area contributed by atoms with Crippen LogP contribution in [-0.4, -0.2) is 22.2 Å². The van der Waals surface area contributed by atoms with Crippen molar-refractivity contribution in [2.45, 2.75) is 32.1 Å². The highest BCUT2D eigenvalue weighted by molar-refractivity contribution is 6.42. The number of benzene rings is 1. The van der Waals surface area contributed by atoms with Gasteiger partial charge in [0.2, 0.25) is 0 Å². The molecule has 0 radical (unpaired) electrons. The van der Waals surface area contributed by atoms with Gasteiger partial charge in [-0.3, -0.25) is 9.59 Å². The second kappa shape index (κ2) is 7.67. The normalized spacial score (nSPS) is 16.0. The maximum absolute atomic E-state index is 11.7. The van der Waals surface area contributed by atoms with Crippen LogP contribution in [0.2, 0.25) is 10.0 Å². The van der Waals surface area contributed by atoms with Gasteiger partial charge in [0, 0.05) is 0 Å². The molecule has 0 aromatic heterocycles. The topological polar surface area (TPSA) is 98.4 Å². The van der Waals surface area contributed by atoms with Gasteiger partial charge in [-0.1, -0.05) is 43.1 Å². The third-order valence-corrected chi connectivity index (χ3v) is 4.83. The minimum atomic E-state index is -1.74. The Kier molecular flexibility index (Phi) is 6.43. The Bertz CT molecular complexity index is 632. The van der Waals surface area contributed by atoms with Gasteiger partial charge in [-0.15, -0.1) is 0 Å². The zero-order chi connectivity index (χ0) is 17.8. The van der Waals surface area contributed by atoms with Crippen LogP contribution < -0.4 is 0 Å². The largest absolute Gasteiger partial charge is 0.481 e. The molecule has 0 aliphatic heterocycles. The number of halogens is 2. The Balaban J connectivity index is 3.76. The summed E-state index contributed by atoms with van der Waals surface area (Å²) in [7, 11) is 0. The van der Waals surface area contributed by atoms with Gasteiger partial charge in [0.15, 0.2) is 0 Å². The molecule has 5 nitrogen and oxygen atoms in total. The maximum atomic E-state index is 11.7. The van der Waals surface area contributed by atoms with E-state index in [1.807, 2.05) is 6.07 Å². The van der Waals surface area contributed by atoms with Crippen LogP contribution in [0.25, 0.3) is 0 Å². The fraction of sp³-hybridized carbons (Fsp3) is 0.438. The minimum absolute atomic E-state index is 0.104. The molecule has 23 heavy (non-hydrogen) atoms. The van der Waals surface area contributed by atoms with Gasteiger partial charge in [0.25, 0.3) is 0 Å². The molecule has 0 amide bonds. The highest BCUT2D eigenvalue weighted by atomic mass is 35.5. The summed E-state index contributed by atoms with van der Waals surface area (Å²) < 4.78 is 0. The first-order valence-corrected chi connectivity index (χ1v) is 7.84. The Morgan fingerprint density at radius 3 is 1.91 bits per heavy atom. The van der Waals surface area contributed by atoms with Gasteiger partial charge in [-0.05, 0) is 30.5 Å². The smallest absolute Gasteiger partial charge is 0.308 e. The van der Waals surface area contributed by atoms with E-state index >= 15 is 0 Å². The lowest BCUT2D eigenvalue weighted by Gasteiger charge is -2.37. The first kappa shape index (κ1) is 19.3. The number of hydrogen-bond donors (Lipinski definition) is 2. The van der Waals surface area contributed by atoms with Crippen molar-refractivity contribution in [3.63, 3.8) is 0 Å². The van der Waals surface area contributed by atoms with Crippen molar-refractivity contribution in [1.82, 2.24) is 0 Å². The standard InChI is InChI=1S/C16H17Cl2NO4/c1-3-10(14(20)21)16(8-19,11(4-2)15(22)23)9-5-6-12(17)13(18)7-9/h5-7,10-11H,3-4H2,1-2H3,(H,20,21)(H,22,23). The highest BCUT2D eigenvalue weighted by Gasteiger charge is 2.52. The van der Waals surface area contributed by atoms with Gasteiger partial charge >= 0.3 is 11.9 Å². The number of nitrogens with zero attached hydrogens (tertiary/aromatic N) is 1. The van der Waals surface area contributed by atoms with Gasteiger partial charge in [0.05, 0.1) is 28.0 Å². The Hall–Kier alpha value is -1.77. The average Bonchev–Trinajstić information content (AvgIpc) is 2.49. The van der Waals surface area contributed by atoms with Gasteiger partial charge < -0.3 is 10.2 Å². The first-order chi connectivity index (χ1) is 10.8. The predicted molar refractivity (Wildman–Crippen MR) is 86.6 cm³/mol. The van der Waals surface area contributed by atoms with E-state index in [1.165, 1.54) is 18.2 Å². The molecule has 1 aromatic rings. The predicted octanol–water partition coefficient (Wildman–Crippen LogP) is 3.98. The molecule has 0 aliphatic rings. The van der Waals surface area contributed by atoms with Crippen LogP contribution in [0, 0.1) is 23.2 Å². The van der Waals surface area contributed by atoms with E-state index in [1.54, 1.807) is 13.8 Å². The summed E-state index contributed by atoms with van der Waals surface area (Å²) in [5.74, 6) is -4.82. The number of nitriles is 1. The van der Waals surface area contributed by atoms with Crippen molar-refractivity contribution in [3.05, 3.63) is 33.8 Å². The van der Waals surface area contributed by atoms with Crippen molar-refractivity contribution in [2.24, 2.45) is 11.8 Å². The van der Waals surface area contributed by atoms with E-state index < -0.39 is 29.2 Å². The molecule has 0 fully saturated rings. The molecule has 0 bridgehead atoms. The summed E-state index contributed by atoms with van der Waals surface area (Å²) in [6.45, 7) is 3.22. The van der Waals surface area contributed by atoms with Gasteiger partial charge in [0.1, 0.15) is 5.41 Å².